The van der Waals surface area contributed by atoms with E-state index in [-0.39, 0.29) is 0 Å². The Hall–Kier alpha value is -1.96. The van der Waals surface area contributed by atoms with Gasteiger partial charge in [0.05, 0.1) is 11.4 Å². The quantitative estimate of drug-likeness (QED) is 0.671. The van der Waals surface area contributed by atoms with Crippen molar-refractivity contribution in [3.63, 3.8) is 0 Å². The van der Waals surface area contributed by atoms with Gasteiger partial charge < -0.3 is 9.64 Å². The molecule has 0 fully saturated rings. The van der Waals surface area contributed by atoms with E-state index < -0.39 is 0 Å². The van der Waals surface area contributed by atoms with Crippen molar-refractivity contribution in [2.24, 2.45) is 0 Å². The maximum Gasteiger partial charge on any atom is 0.150 e. The van der Waals surface area contributed by atoms with Crippen LogP contribution in [0.1, 0.15) is 13.8 Å². The van der Waals surface area contributed by atoms with Gasteiger partial charge in [0.15, 0.2) is 5.75 Å². The van der Waals surface area contributed by atoms with Crippen molar-refractivity contribution in [3.8, 4) is 5.75 Å². The molecule has 17 heavy (non-hydrogen) atoms. The molecule has 90 valence electrons. The molecule has 0 saturated heterocycles. The minimum absolute atomic E-state index is 0.938. The molecule has 0 amide bonds. The topological polar surface area (TPSA) is 12.5 Å². The predicted octanol–water partition coefficient (Wildman–Crippen LogP) is 4.13. The summed E-state index contributed by atoms with van der Waals surface area (Å²) in [6.45, 7) is 10.8. The third-order valence-corrected chi connectivity index (χ3v) is 2.67. The highest BCUT2D eigenvalue weighted by atomic mass is 16.5. The van der Waals surface area contributed by atoms with Crippen molar-refractivity contribution in [2.75, 3.05) is 11.9 Å². The molecule has 0 saturated carbocycles. The molecule has 0 spiro atoms. The molecule has 0 atom stereocenters. The Morgan fingerprint density at radius 3 is 2.29 bits per heavy atom. The molecule has 0 unspecified atom stereocenters. The van der Waals surface area contributed by atoms with Crippen molar-refractivity contribution in [1.29, 1.82) is 0 Å². The molecule has 0 radical (unpaired) electrons. The molecule has 1 aromatic carbocycles. The third-order valence-electron chi connectivity index (χ3n) is 2.67. The van der Waals surface area contributed by atoms with Crippen LogP contribution in [0, 0.1) is 0 Å². The van der Waals surface area contributed by atoms with Crippen molar-refractivity contribution in [3.05, 3.63) is 61.0 Å². The second-order valence-electron chi connectivity index (χ2n) is 3.74. The summed E-state index contributed by atoms with van der Waals surface area (Å²) in [7, 11) is 2.06. The second-order valence-corrected chi connectivity index (χ2v) is 3.74. The number of hydrogen-bond acceptors (Lipinski definition) is 2. The Kier molecular flexibility index (Phi) is 4.58. The molecule has 0 N–H and O–H groups in total. The van der Waals surface area contributed by atoms with Crippen LogP contribution in [0.5, 0.6) is 5.75 Å². The van der Waals surface area contributed by atoms with Crippen molar-refractivity contribution in [2.45, 2.75) is 13.8 Å². The fourth-order valence-electron chi connectivity index (χ4n) is 1.48. The van der Waals surface area contributed by atoms with Gasteiger partial charge in [-0.1, -0.05) is 37.4 Å². The second kappa shape index (κ2) is 5.94. The number of anilines is 1. The SMILES string of the molecule is C=CC=C.CC1=C(C)N(C)c2ccccc2O1. The van der Waals surface area contributed by atoms with Crippen molar-refractivity contribution >= 4 is 5.69 Å². The maximum absolute atomic E-state index is 5.65. The number of hydrogen-bond donors (Lipinski definition) is 0. The van der Waals surface area contributed by atoms with E-state index in [1.54, 1.807) is 12.2 Å². The first-order chi connectivity index (χ1) is 8.11. The lowest BCUT2D eigenvalue weighted by Gasteiger charge is -2.29. The number of para-hydroxylation sites is 2. The number of allylic oxidation sites excluding steroid dienone is 4. The van der Waals surface area contributed by atoms with Gasteiger partial charge >= 0.3 is 0 Å². The van der Waals surface area contributed by atoms with Crippen molar-refractivity contribution < 1.29 is 4.74 Å². The molecular formula is C15H19NO. The molecule has 1 aromatic rings. The monoisotopic (exact) mass is 229 g/mol. The largest absolute Gasteiger partial charge is 0.458 e. The van der Waals surface area contributed by atoms with Gasteiger partial charge in [-0.3, -0.25) is 0 Å². The summed E-state index contributed by atoms with van der Waals surface area (Å²) >= 11 is 0. The number of ether oxygens (including phenoxy) is 1. The first-order valence-corrected chi connectivity index (χ1v) is 5.53. The highest BCUT2D eigenvalue weighted by Gasteiger charge is 2.17. The summed E-state index contributed by atoms with van der Waals surface area (Å²) in [6.07, 6.45) is 3.28. The molecule has 0 bridgehead atoms. The fraction of sp³-hybridized carbons (Fsp3) is 0.200. The summed E-state index contributed by atoms with van der Waals surface area (Å²) in [4.78, 5) is 2.15. The predicted molar refractivity (Wildman–Crippen MR) is 74.2 cm³/mol. The molecular weight excluding hydrogens is 210 g/mol. The standard InChI is InChI=1S/C11H13NO.C4H6/c1-8-9(2)13-11-7-5-4-6-10(11)12(8)3;1-3-4-2/h4-7H,1-3H3;3-4H,1-2H2. The lowest BCUT2D eigenvalue weighted by Crippen LogP contribution is -2.21. The van der Waals surface area contributed by atoms with Gasteiger partial charge in [-0.25, -0.2) is 0 Å². The van der Waals surface area contributed by atoms with Crippen LogP contribution < -0.4 is 9.64 Å². The summed E-state index contributed by atoms with van der Waals surface area (Å²) < 4.78 is 5.65. The summed E-state index contributed by atoms with van der Waals surface area (Å²) in [5.41, 5.74) is 2.30. The van der Waals surface area contributed by atoms with Crippen LogP contribution in [-0.2, 0) is 0 Å². The van der Waals surface area contributed by atoms with Gasteiger partial charge in [0.1, 0.15) is 5.76 Å². The van der Waals surface area contributed by atoms with E-state index in [4.69, 9.17) is 4.74 Å². The van der Waals surface area contributed by atoms with Crippen LogP contribution in [0.15, 0.2) is 61.0 Å². The van der Waals surface area contributed by atoms with E-state index in [0.717, 1.165) is 17.2 Å². The average Bonchev–Trinajstić information content (AvgIpc) is 2.36. The Morgan fingerprint density at radius 2 is 1.71 bits per heavy atom. The number of fused-ring (bicyclic) bond motifs is 1. The van der Waals surface area contributed by atoms with Gasteiger partial charge in [-0.05, 0) is 26.0 Å². The maximum atomic E-state index is 5.65. The van der Waals surface area contributed by atoms with E-state index in [0.29, 0.717) is 0 Å². The minimum atomic E-state index is 0.938. The van der Waals surface area contributed by atoms with E-state index in [1.165, 1.54) is 5.70 Å². The van der Waals surface area contributed by atoms with Crippen LogP contribution in [0.25, 0.3) is 0 Å². The summed E-state index contributed by atoms with van der Waals surface area (Å²) in [5.74, 6) is 1.91. The molecule has 1 aliphatic heterocycles. The lowest BCUT2D eigenvalue weighted by atomic mass is 10.2. The van der Waals surface area contributed by atoms with Gasteiger partial charge in [-0.15, -0.1) is 0 Å². The Bertz CT molecular complexity index is 440. The Balaban J connectivity index is 0.000000317. The number of nitrogens with zero attached hydrogens (tertiary/aromatic N) is 1. The van der Waals surface area contributed by atoms with Gasteiger partial charge in [0.25, 0.3) is 0 Å². The van der Waals surface area contributed by atoms with Gasteiger partial charge in [0, 0.05) is 7.05 Å². The smallest absolute Gasteiger partial charge is 0.150 e. The summed E-state index contributed by atoms with van der Waals surface area (Å²) in [6, 6.07) is 8.06. The van der Waals surface area contributed by atoms with Crippen LogP contribution in [-0.4, -0.2) is 7.05 Å². The first-order valence-electron chi connectivity index (χ1n) is 5.53. The van der Waals surface area contributed by atoms with Gasteiger partial charge in [-0.2, -0.15) is 0 Å². The van der Waals surface area contributed by atoms with Crippen LogP contribution >= 0.6 is 0 Å². The Morgan fingerprint density at radius 1 is 1.12 bits per heavy atom. The van der Waals surface area contributed by atoms with E-state index >= 15 is 0 Å². The van der Waals surface area contributed by atoms with Crippen LogP contribution in [0.2, 0.25) is 0 Å². The highest BCUT2D eigenvalue weighted by Crippen LogP contribution is 2.35. The minimum Gasteiger partial charge on any atom is -0.458 e. The van der Waals surface area contributed by atoms with Crippen LogP contribution in [0.4, 0.5) is 5.69 Å². The lowest BCUT2D eigenvalue weighted by molar-refractivity contribution is 0.410. The molecule has 0 aromatic heterocycles. The molecule has 2 nitrogen and oxygen atoms in total. The molecule has 2 heteroatoms. The van der Waals surface area contributed by atoms with E-state index in [9.17, 15) is 0 Å². The molecule has 0 aliphatic carbocycles. The molecule has 1 heterocycles. The molecule has 1 aliphatic rings. The fourth-order valence-corrected chi connectivity index (χ4v) is 1.48. The zero-order chi connectivity index (χ0) is 12.8. The third kappa shape index (κ3) is 3.00. The molecule has 2 rings (SSSR count). The number of benzene rings is 1. The Labute approximate surface area is 104 Å². The zero-order valence-electron chi connectivity index (χ0n) is 10.7. The van der Waals surface area contributed by atoms with E-state index in [1.807, 2.05) is 25.1 Å². The van der Waals surface area contributed by atoms with Crippen LogP contribution in [0.3, 0.4) is 0 Å². The van der Waals surface area contributed by atoms with Crippen molar-refractivity contribution in [1.82, 2.24) is 0 Å². The van der Waals surface area contributed by atoms with E-state index in [2.05, 4.69) is 38.1 Å². The first kappa shape index (κ1) is 13.1. The normalized spacial score (nSPS) is 13.0. The highest BCUT2D eigenvalue weighted by molar-refractivity contribution is 5.64. The zero-order valence-corrected chi connectivity index (χ0v) is 10.7. The number of rotatable bonds is 1. The summed E-state index contributed by atoms with van der Waals surface area (Å²) in [5, 5.41) is 0. The average molecular weight is 229 g/mol. The van der Waals surface area contributed by atoms with Gasteiger partial charge in [0.2, 0.25) is 0 Å².